The van der Waals surface area contributed by atoms with E-state index in [1.165, 1.54) is 31.5 Å². The number of hydrogen-bond acceptors (Lipinski definition) is 6. The third kappa shape index (κ3) is 4.73. The molecule has 0 saturated heterocycles. The van der Waals surface area contributed by atoms with Crippen molar-refractivity contribution in [1.82, 2.24) is 20.2 Å². The summed E-state index contributed by atoms with van der Waals surface area (Å²) < 4.78 is 1.81. The fourth-order valence-electron chi connectivity index (χ4n) is 2.88. The molecule has 3 rings (SSSR count). The Balaban J connectivity index is 1.60. The summed E-state index contributed by atoms with van der Waals surface area (Å²) in [6.45, 7) is 1.41. The number of anilines is 2. The molecule has 2 aromatic rings. The highest BCUT2D eigenvalue weighted by atomic mass is 35.5. The van der Waals surface area contributed by atoms with Crippen LogP contribution >= 0.6 is 23.4 Å². The van der Waals surface area contributed by atoms with E-state index in [0.717, 1.165) is 12.8 Å². The molecule has 1 aliphatic rings. The van der Waals surface area contributed by atoms with Crippen molar-refractivity contribution in [2.24, 2.45) is 0 Å². The Morgan fingerprint density at radius 3 is 2.81 bits per heavy atom. The molecule has 8 nitrogen and oxygen atoms in total. The van der Waals surface area contributed by atoms with E-state index >= 15 is 0 Å². The van der Waals surface area contributed by atoms with Crippen LogP contribution in [0.4, 0.5) is 11.4 Å². The molecule has 26 heavy (non-hydrogen) atoms. The maximum absolute atomic E-state index is 12.3. The fraction of sp³-hybridized carbons (Fsp3) is 0.438. The van der Waals surface area contributed by atoms with Crippen molar-refractivity contribution in [1.29, 1.82) is 0 Å². The minimum absolute atomic E-state index is 0.161. The first-order chi connectivity index (χ1) is 12.5. The van der Waals surface area contributed by atoms with Crippen molar-refractivity contribution < 1.29 is 9.59 Å². The summed E-state index contributed by atoms with van der Waals surface area (Å²) in [5, 5.41) is 18.3. The number of rotatable bonds is 6. The standard InChI is InChI=1S/C16H19ClN6O2S/c1-10(24)18-11-6-7-13(17)14(8-11)19-15(25)9-26-16-20-21-22-23(16)12-4-2-3-5-12/h6-8,12H,2-5,9H2,1H3,(H,18,24)(H,19,25). The second-order valence-corrected chi connectivity index (χ2v) is 7.41. The SMILES string of the molecule is CC(=O)Nc1ccc(Cl)c(NC(=O)CSc2nnnn2C2CCCC2)c1. The van der Waals surface area contributed by atoms with Crippen LogP contribution in [0.3, 0.4) is 0 Å². The van der Waals surface area contributed by atoms with Gasteiger partial charge in [-0.1, -0.05) is 36.2 Å². The molecule has 0 aliphatic heterocycles. The maximum Gasteiger partial charge on any atom is 0.234 e. The number of thioether (sulfide) groups is 1. The number of amides is 2. The summed E-state index contributed by atoms with van der Waals surface area (Å²) in [5.74, 6) is -0.259. The van der Waals surface area contributed by atoms with Crippen molar-refractivity contribution in [2.75, 3.05) is 16.4 Å². The Hall–Kier alpha value is -2.13. The first kappa shape index (κ1) is 18.7. The fourth-order valence-corrected chi connectivity index (χ4v) is 3.79. The van der Waals surface area contributed by atoms with Crippen LogP contribution in [0, 0.1) is 0 Å². The molecule has 0 radical (unpaired) electrons. The molecule has 1 aromatic carbocycles. The number of benzene rings is 1. The van der Waals surface area contributed by atoms with Gasteiger partial charge in [0.25, 0.3) is 0 Å². The van der Waals surface area contributed by atoms with Gasteiger partial charge in [0.05, 0.1) is 22.5 Å². The van der Waals surface area contributed by atoms with Crippen LogP contribution in [-0.2, 0) is 9.59 Å². The van der Waals surface area contributed by atoms with Crippen LogP contribution in [0.1, 0.15) is 38.6 Å². The van der Waals surface area contributed by atoms with Gasteiger partial charge in [-0.05, 0) is 41.5 Å². The highest BCUT2D eigenvalue weighted by molar-refractivity contribution is 7.99. The van der Waals surface area contributed by atoms with E-state index in [1.54, 1.807) is 18.2 Å². The monoisotopic (exact) mass is 394 g/mol. The van der Waals surface area contributed by atoms with E-state index in [9.17, 15) is 9.59 Å². The summed E-state index contributed by atoms with van der Waals surface area (Å²) >= 11 is 7.41. The predicted molar refractivity (Wildman–Crippen MR) is 100 cm³/mol. The molecule has 10 heteroatoms. The molecule has 1 aliphatic carbocycles. The van der Waals surface area contributed by atoms with Gasteiger partial charge in [-0.25, -0.2) is 4.68 Å². The lowest BCUT2D eigenvalue weighted by molar-refractivity contribution is -0.114. The lowest BCUT2D eigenvalue weighted by Gasteiger charge is -2.11. The Labute approximate surface area is 160 Å². The average Bonchev–Trinajstić information content (AvgIpc) is 3.26. The number of halogens is 1. The Kier molecular flexibility index (Phi) is 6.10. The zero-order valence-corrected chi connectivity index (χ0v) is 15.8. The van der Waals surface area contributed by atoms with Crippen molar-refractivity contribution in [3.63, 3.8) is 0 Å². The third-order valence-corrected chi connectivity index (χ3v) is 5.29. The second-order valence-electron chi connectivity index (χ2n) is 6.06. The van der Waals surface area contributed by atoms with Crippen LogP contribution in [0.15, 0.2) is 23.4 Å². The summed E-state index contributed by atoms with van der Waals surface area (Å²) in [4.78, 5) is 23.4. The molecule has 0 spiro atoms. The smallest absolute Gasteiger partial charge is 0.234 e. The zero-order chi connectivity index (χ0) is 18.5. The third-order valence-electron chi connectivity index (χ3n) is 4.03. The van der Waals surface area contributed by atoms with Crippen molar-refractivity contribution in [3.8, 4) is 0 Å². The van der Waals surface area contributed by atoms with Gasteiger partial charge in [0.15, 0.2) is 0 Å². The summed E-state index contributed by atoms with van der Waals surface area (Å²) in [5.41, 5.74) is 1.01. The number of carbonyl (C=O) groups excluding carboxylic acids is 2. The largest absolute Gasteiger partial charge is 0.326 e. The summed E-state index contributed by atoms with van der Waals surface area (Å²) in [7, 11) is 0. The highest BCUT2D eigenvalue weighted by Crippen LogP contribution is 2.31. The summed E-state index contributed by atoms with van der Waals surface area (Å²) in [6.07, 6.45) is 4.49. The van der Waals surface area contributed by atoms with Gasteiger partial charge in [-0.15, -0.1) is 5.10 Å². The number of carbonyl (C=O) groups is 2. The van der Waals surface area contributed by atoms with E-state index in [2.05, 4.69) is 26.2 Å². The van der Waals surface area contributed by atoms with Crippen LogP contribution in [0.5, 0.6) is 0 Å². The van der Waals surface area contributed by atoms with Gasteiger partial charge in [0, 0.05) is 12.6 Å². The van der Waals surface area contributed by atoms with Crippen LogP contribution in [0.25, 0.3) is 0 Å². The summed E-state index contributed by atoms with van der Waals surface area (Å²) in [6, 6.07) is 5.23. The lowest BCUT2D eigenvalue weighted by atomic mass is 10.2. The Morgan fingerprint density at radius 2 is 2.08 bits per heavy atom. The molecule has 2 amide bonds. The Morgan fingerprint density at radius 1 is 1.31 bits per heavy atom. The quantitative estimate of drug-likeness (QED) is 0.730. The van der Waals surface area contributed by atoms with Gasteiger partial charge in [0.1, 0.15) is 0 Å². The van der Waals surface area contributed by atoms with Crippen molar-refractivity contribution in [2.45, 2.75) is 43.8 Å². The van der Waals surface area contributed by atoms with Gasteiger partial charge >= 0.3 is 0 Å². The van der Waals surface area contributed by atoms with Gasteiger partial charge < -0.3 is 10.6 Å². The molecular weight excluding hydrogens is 376 g/mol. The lowest BCUT2D eigenvalue weighted by Crippen LogP contribution is -2.16. The van der Waals surface area contributed by atoms with E-state index in [4.69, 9.17) is 11.6 Å². The molecule has 1 heterocycles. The van der Waals surface area contributed by atoms with E-state index < -0.39 is 0 Å². The van der Waals surface area contributed by atoms with Crippen LogP contribution in [-0.4, -0.2) is 37.8 Å². The average molecular weight is 395 g/mol. The highest BCUT2D eigenvalue weighted by Gasteiger charge is 2.22. The van der Waals surface area contributed by atoms with E-state index in [-0.39, 0.29) is 17.6 Å². The molecule has 0 unspecified atom stereocenters. The van der Waals surface area contributed by atoms with Crippen molar-refractivity contribution in [3.05, 3.63) is 23.2 Å². The zero-order valence-electron chi connectivity index (χ0n) is 14.2. The number of nitrogens with zero attached hydrogens (tertiary/aromatic N) is 4. The molecule has 138 valence electrons. The second kappa shape index (κ2) is 8.50. The Bertz CT molecular complexity index is 806. The molecule has 1 aromatic heterocycles. The minimum Gasteiger partial charge on any atom is -0.326 e. The maximum atomic E-state index is 12.3. The molecule has 1 saturated carbocycles. The molecular formula is C16H19ClN6O2S. The topological polar surface area (TPSA) is 102 Å². The number of nitrogens with one attached hydrogen (secondary N) is 2. The van der Waals surface area contributed by atoms with Gasteiger partial charge in [-0.2, -0.15) is 0 Å². The molecule has 0 bridgehead atoms. The van der Waals surface area contributed by atoms with Gasteiger partial charge in [-0.3, -0.25) is 9.59 Å². The molecule has 0 atom stereocenters. The normalized spacial score (nSPS) is 14.4. The first-order valence-electron chi connectivity index (χ1n) is 8.30. The predicted octanol–water partition coefficient (Wildman–Crippen LogP) is 3.13. The number of hydrogen-bond donors (Lipinski definition) is 2. The minimum atomic E-state index is -0.224. The number of aromatic nitrogens is 4. The molecule has 1 fully saturated rings. The molecule has 2 N–H and O–H groups in total. The first-order valence-corrected chi connectivity index (χ1v) is 9.67. The van der Waals surface area contributed by atoms with Crippen molar-refractivity contribution >= 4 is 46.6 Å². The number of tetrazole rings is 1. The van der Waals surface area contributed by atoms with Gasteiger partial charge in [0.2, 0.25) is 17.0 Å². The van der Waals surface area contributed by atoms with E-state index in [0.29, 0.717) is 27.6 Å². The van der Waals surface area contributed by atoms with E-state index in [1.807, 2.05) is 4.68 Å². The van der Waals surface area contributed by atoms with Crippen LogP contribution < -0.4 is 10.6 Å². The van der Waals surface area contributed by atoms with Crippen LogP contribution in [0.2, 0.25) is 5.02 Å².